The molecule has 2 aliphatic heterocycles. The zero-order valence-electron chi connectivity index (χ0n) is 22.2. The quantitative estimate of drug-likeness (QED) is 0.255. The van der Waals surface area contributed by atoms with Crippen LogP contribution < -0.4 is 16.0 Å². The predicted octanol–water partition coefficient (Wildman–Crippen LogP) is -0.298. The smallest absolute Gasteiger partial charge is 0.243 e. The number of benzene rings is 1. The van der Waals surface area contributed by atoms with Crippen LogP contribution in [0.1, 0.15) is 45.6 Å². The summed E-state index contributed by atoms with van der Waals surface area (Å²) in [6.45, 7) is 4.94. The number of aliphatic hydroxyl groups excluding tert-OH is 1. The van der Waals surface area contributed by atoms with Crippen LogP contribution in [0.4, 0.5) is 0 Å². The summed E-state index contributed by atoms with van der Waals surface area (Å²) in [4.78, 5) is 65.2. The van der Waals surface area contributed by atoms with Crippen LogP contribution in [-0.4, -0.2) is 89.4 Å². The van der Waals surface area contributed by atoms with Gasteiger partial charge in [0.15, 0.2) is 11.4 Å². The van der Waals surface area contributed by atoms with Crippen molar-refractivity contribution in [3.63, 3.8) is 0 Å². The SMILES string of the molecule is CC(=O)NCC(=O)N1CCC[C@H]1C(=O)N[C@@H](Cc1ccccc1)C(=O)NC(CC(C)C)C(=O)[C@@]1(CO)CO1. The molecule has 0 aromatic heterocycles. The van der Waals surface area contributed by atoms with E-state index in [9.17, 15) is 29.1 Å². The Kier molecular flexibility index (Phi) is 9.98. The topological polar surface area (TPSA) is 157 Å². The molecule has 208 valence electrons. The molecule has 4 N–H and O–H groups in total. The average molecular weight is 531 g/mol. The first kappa shape index (κ1) is 29.2. The van der Waals surface area contributed by atoms with Gasteiger partial charge in [-0.25, -0.2) is 0 Å². The number of rotatable bonds is 13. The minimum absolute atomic E-state index is 0.0718. The van der Waals surface area contributed by atoms with Crippen LogP contribution in [-0.2, 0) is 35.1 Å². The van der Waals surface area contributed by atoms with Crippen molar-refractivity contribution in [2.24, 2.45) is 5.92 Å². The number of amides is 4. The fraction of sp³-hybridized carbons (Fsp3) is 0.593. The van der Waals surface area contributed by atoms with Crippen molar-refractivity contribution in [2.75, 3.05) is 26.3 Å². The van der Waals surface area contributed by atoms with Gasteiger partial charge in [-0.05, 0) is 30.7 Å². The van der Waals surface area contributed by atoms with Gasteiger partial charge in [-0.15, -0.1) is 0 Å². The van der Waals surface area contributed by atoms with Gasteiger partial charge < -0.3 is 30.7 Å². The minimum Gasteiger partial charge on any atom is -0.393 e. The molecule has 0 radical (unpaired) electrons. The largest absolute Gasteiger partial charge is 0.393 e. The van der Waals surface area contributed by atoms with Gasteiger partial charge in [-0.2, -0.15) is 0 Å². The van der Waals surface area contributed by atoms with E-state index in [1.54, 1.807) is 0 Å². The Morgan fingerprint density at radius 3 is 2.37 bits per heavy atom. The predicted molar refractivity (Wildman–Crippen MR) is 138 cm³/mol. The lowest BCUT2D eigenvalue weighted by Crippen LogP contribution is -2.57. The lowest BCUT2D eigenvalue weighted by molar-refractivity contribution is -0.140. The van der Waals surface area contributed by atoms with Crippen LogP contribution in [0.3, 0.4) is 0 Å². The van der Waals surface area contributed by atoms with Crippen molar-refractivity contribution in [1.82, 2.24) is 20.9 Å². The van der Waals surface area contributed by atoms with Gasteiger partial charge in [0.25, 0.3) is 0 Å². The zero-order valence-corrected chi connectivity index (χ0v) is 22.2. The van der Waals surface area contributed by atoms with Gasteiger partial charge >= 0.3 is 0 Å². The molecule has 2 heterocycles. The first-order valence-electron chi connectivity index (χ1n) is 13.0. The Morgan fingerprint density at radius 1 is 1.11 bits per heavy atom. The Labute approximate surface area is 222 Å². The molecule has 0 bridgehead atoms. The lowest BCUT2D eigenvalue weighted by atomic mass is 9.92. The van der Waals surface area contributed by atoms with Crippen LogP contribution in [0.25, 0.3) is 0 Å². The number of Topliss-reactive ketones (excluding diaryl/α,β-unsaturated/α-hetero) is 1. The summed E-state index contributed by atoms with van der Waals surface area (Å²) in [6, 6.07) is 6.49. The van der Waals surface area contributed by atoms with E-state index < -0.39 is 47.9 Å². The maximum atomic E-state index is 13.5. The number of carbonyl (C=O) groups is 5. The van der Waals surface area contributed by atoms with E-state index in [1.807, 2.05) is 44.2 Å². The lowest BCUT2D eigenvalue weighted by Gasteiger charge is -2.28. The minimum atomic E-state index is -1.29. The Bertz CT molecular complexity index is 1030. The third kappa shape index (κ3) is 7.61. The summed E-state index contributed by atoms with van der Waals surface area (Å²) in [6.07, 6.45) is 1.57. The molecule has 1 aromatic carbocycles. The first-order valence-corrected chi connectivity index (χ1v) is 13.0. The Morgan fingerprint density at radius 2 is 1.79 bits per heavy atom. The van der Waals surface area contributed by atoms with Gasteiger partial charge in [-0.1, -0.05) is 44.2 Å². The van der Waals surface area contributed by atoms with Crippen LogP contribution in [0.2, 0.25) is 0 Å². The van der Waals surface area contributed by atoms with E-state index in [1.165, 1.54) is 11.8 Å². The van der Waals surface area contributed by atoms with Gasteiger partial charge in [0, 0.05) is 19.9 Å². The summed E-state index contributed by atoms with van der Waals surface area (Å²) < 4.78 is 5.22. The molecule has 4 atom stereocenters. The molecule has 0 spiro atoms. The molecule has 11 heteroatoms. The molecular weight excluding hydrogens is 492 g/mol. The first-order chi connectivity index (χ1) is 18.1. The number of hydrogen-bond donors (Lipinski definition) is 4. The van der Waals surface area contributed by atoms with E-state index in [-0.39, 0.29) is 37.3 Å². The summed E-state index contributed by atoms with van der Waals surface area (Å²) in [5.41, 5.74) is -0.481. The molecule has 2 fully saturated rings. The fourth-order valence-corrected chi connectivity index (χ4v) is 4.66. The van der Waals surface area contributed by atoms with Gasteiger partial charge in [0.2, 0.25) is 23.6 Å². The van der Waals surface area contributed by atoms with Crippen LogP contribution in [0, 0.1) is 5.92 Å². The van der Waals surface area contributed by atoms with Crippen LogP contribution in [0.5, 0.6) is 0 Å². The van der Waals surface area contributed by atoms with Crippen molar-refractivity contribution in [2.45, 2.75) is 70.2 Å². The highest BCUT2D eigenvalue weighted by Gasteiger charge is 2.54. The van der Waals surface area contributed by atoms with E-state index >= 15 is 0 Å². The fourth-order valence-electron chi connectivity index (χ4n) is 4.66. The van der Waals surface area contributed by atoms with Crippen molar-refractivity contribution < 1.29 is 33.8 Å². The average Bonchev–Trinajstić information content (AvgIpc) is 3.53. The number of ketones is 1. The molecule has 2 aliphatic rings. The third-order valence-electron chi connectivity index (χ3n) is 6.82. The van der Waals surface area contributed by atoms with Gasteiger partial charge in [0.05, 0.1) is 25.8 Å². The van der Waals surface area contributed by atoms with Crippen molar-refractivity contribution in [3.8, 4) is 0 Å². The van der Waals surface area contributed by atoms with E-state index in [0.717, 1.165) is 5.56 Å². The highest BCUT2D eigenvalue weighted by molar-refractivity contribution is 5.99. The van der Waals surface area contributed by atoms with Crippen LogP contribution in [0.15, 0.2) is 30.3 Å². The molecule has 2 saturated heterocycles. The maximum absolute atomic E-state index is 13.5. The molecule has 1 unspecified atom stereocenters. The summed E-state index contributed by atoms with van der Waals surface area (Å²) >= 11 is 0. The summed E-state index contributed by atoms with van der Waals surface area (Å²) in [7, 11) is 0. The summed E-state index contributed by atoms with van der Waals surface area (Å²) in [5.74, 6) is -2.05. The van der Waals surface area contributed by atoms with Crippen molar-refractivity contribution >= 4 is 29.4 Å². The number of nitrogens with one attached hydrogen (secondary N) is 3. The number of epoxide rings is 1. The number of nitrogens with zero attached hydrogens (tertiary/aromatic N) is 1. The van der Waals surface area contributed by atoms with Crippen LogP contribution >= 0.6 is 0 Å². The monoisotopic (exact) mass is 530 g/mol. The molecule has 0 saturated carbocycles. The Hall–Kier alpha value is -3.31. The number of likely N-dealkylation sites (tertiary alicyclic amines) is 1. The normalized spacial score (nSPS) is 21.9. The van der Waals surface area contributed by atoms with E-state index in [0.29, 0.717) is 25.8 Å². The molecule has 0 aliphatic carbocycles. The standard InChI is InChI=1S/C27H38N4O7/c1-17(2)12-20(24(35)27(15-32)16-38-27)29-25(36)21(13-19-8-5-4-6-9-19)30-26(37)22-10-7-11-31(22)23(34)14-28-18(3)33/h4-6,8-9,17,20-22,32H,7,10-16H2,1-3H3,(H,28,33)(H,29,36)(H,30,37)/t20?,21-,22-,27+/m0/s1. The Balaban J connectivity index is 1.76. The highest BCUT2D eigenvalue weighted by atomic mass is 16.6. The number of ether oxygens (including phenoxy) is 1. The highest BCUT2D eigenvalue weighted by Crippen LogP contribution is 2.30. The molecule has 4 amide bonds. The zero-order chi connectivity index (χ0) is 27.9. The van der Waals surface area contributed by atoms with Gasteiger partial charge in [-0.3, -0.25) is 24.0 Å². The van der Waals surface area contributed by atoms with Crippen molar-refractivity contribution in [3.05, 3.63) is 35.9 Å². The molecule has 1 aromatic rings. The van der Waals surface area contributed by atoms with E-state index in [4.69, 9.17) is 4.74 Å². The number of aliphatic hydroxyl groups is 1. The molecule has 3 rings (SSSR count). The van der Waals surface area contributed by atoms with E-state index in [2.05, 4.69) is 16.0 Å². The van der Waals surface area contributed by atoms with Crippen molar-refractivity contribution in [1.29, 1.82) is 0 Å². The second-order valence-corrected chi connectivity index (χ2v) is 10.4. The number of hydrogen-bond acceptors (Lipinski definition) is 7. The molecule has 11 nitrogen and oxygen atoms in total. The molecule has 38 heavy (non-hydrogen) atoms. The summed E-state index contributed by atoms with van der Waals surface area (Å²) in [5, 5.41) is 17.7. The maximum Gasteiger partial charge on any atom is 0.243 e. The third-order valence-corrected chi connectivity index (χ3v) is 6.82. The number of carbonyl (C=O) groups excluding carboxylic acids is 5. The second kappa shape index (κ2) is 13.0. The van der Waals surface area contributed by atoms with Gasteiger partial charge in [0.1, 0.15) is 12.1 Å². The second-order valence-electron chi connectivity index (χ2n) is 10.4. The molecular formula is C27H38N4O7.